The molecular weight excluding hydrogens is 747 g/mol. The number of aromatic nitrogens is 2. The Hall–Kier alpha value is -8.22. The molecule has 286 valence electrons. The number of fused-ring (bicyclic) bond motifs is 11. The minimum absolute atomic E-state index is 0.516. The van der Waals surface area contributed by atoms with Crippen LogP contribution in [-0.2, 0) is 0 Å². The van der Waals surface area contributed by atoms with Crippen molar-refractivity contribution in [3.05, 3.63) is 217 Å². The van der Waals surface area contributed by atoms with E-state index in [-0.39, 0.29) is 0 Å². The molecule has 0 bridgehead atoms. The predicted molar refractivity (Wildman–Crippen MR) is 252 cm³/mol. The summed E-state index contributed by atoms with van der Waals surface area (Å²) in [6.45, 7) is 0. The summed E-state index contributed by atoms with van der Waals surface area (Å²) < 4.78 is 11.9. The van der Waals surface area contributed by atoms with E-state index >= 15 is 0 Å². The van der Waals surface area contributed by atoms with Gasteiger partial charge in [-0.1, -0.05) is 146 Å². The molecule has 0 aliphatic carbocycles. The highest BCUT2D eigenvalue weighted by Gasteiger charge is 2.27. The van der Waals surface area contributed by atoms with Crippen molar-refractivity contribution < 1.29 is 4.42 Å². The van der Waals surface area contributed by atoms with E-state index < -0.39 is 6.17 Å². The van der Waals surface area contributed by atoms with Crippen LogP contribution in [0.2, 0.25) is 0 Å². The van der Waals surface area contributed by atoms with Crippen LogP contribution < -0.4 is 5.32 Å². The third-order valence-corrected chi connectivity index (χ3v) is 12.3. The molecule has 0 radical (unpaired) electrons. The molecule has 13 rings (SSSR count). The standard InChI is InChI=1S/C55H35N5O/c1-4-17-35(18-5-1)53-56-54(36-19-6-2-7-20-36)58-55(57-53)46-31-38(30-45-42-29-28-34-16-10-11-23-39(34)51(42)61-52(45)46)60-48-27-15-13-25-41(48)44-32-43-40-24-12-14-26-47(40)59(49(43)33-50(44)60)37-21-8-3-9-22-37/h1-33,55H,(H,56,57,58). The highest BCUT2D eigenvalue weighted by molar-refractivity contribution is 6.20. The quantitative estimate of drug-likeness (QED) is 0.189. The number of rotatable bonds is 5. The summed E-state index contributed by atoms with van der Waals surface area (Å²) >= 11 is 0. The molecule has 0 fully saturated rings. The van der Waals surface area contributed by atoms with Gasteiger partial charge in [0.2, 0.25) is 0 Å². The summed E-state index contributed by atoms with van der Waals surface area (Å²) in [7, 11) is 0. The molecule has 1 aliphatic rings. The first-order valence-electron chi connectivity index (χ1n) is 20.7. The van der Waals surface area contributed by atoms with Gasteiger partial charge in [0.05, 0.1) is 22.1 Å². The summed E-state index contributed by atoms with van der Waals surface area (Å²) in [5, 5.41) is 12.9. The number of hydrogen-bond acceptors (Lipinski definition) is 4. The number of para-hydroxylation sites is 3. The smallest absolute Gasteiger partial charge is 0.159 e. The van der Waals surface area contributed by atoms with Crippen molar-refractivity contribution in [2.24, 2.45) is 9.98 Å². The van der Waals surface area contributed by atoms with Gasteiger partial charge < -0.3 is 18.9 Å². The van der Waals surface area contributed by atoms with Crippen molar-refractivity contribution in [3.8, 4) is 11.4 Å². The van der Waals surface area contributed by atoms with Crippen LogP contribution >= 0.6 is 0 Å². The Morgan fingerprint density at radius 1 is 0.410 bits per heavy atom. The first-order valence-corrected chi connectivity index (χ1v) is 20.7. The summed E-state index contributed by atoms with van der Waals surface area (Å²) in [6.07, 6.45) is -0.516. The number of furan rings is 1. The Balaban J connectivity index is 1.13. The van der Waals surface area contributed by atoms with E-state index in [1.54, 1.807) is 0 Å². The van der Waals surface area contributed by atoms with Crippen LogP contribution in [0.3, 0.4) is 0 Å². The van der Waals surface area contributed by atoms with Gasteiger partial charge in [0.1, 0.15) is 17.0 Å². The maximum absolute atomic E-state index is 7.07. The number of nitrogens with zero attached hydrogens (tertiary/aromatic N) is 4. The second-order valence-electron chi connectivity index (χ2n) is 15.8. The number of benzene rings is 9. The Morgan fingerprint density at radius 2 is 1.00 bits per heavy atom. The zero-order valence-corrected chi connectivity index (χ0v) is 32.8. The van der Waals surface area contributed by atoms with Crippen molar-refractivity contribution in [1.82, 2.24) is 14.5 Å². The topological polar surface area (TPSA) is 59.8 Å². The van der Waals surface area contributed by atoms with E-state index in [4.69, 9.17) is 14.4 Å². The van der Waals surface area contributed by atoms with Crippen molar-refractivity contribution in [3.63, 3.8) is 0 Å². The lowest BCUT2D eigenvalue weighted by Gasteiger charge is -2.24. The SMILES string of the molecule is c1ccc(C2=NC(c3cc(-n4c5ccccc5c5cc6c7ccccc7n(-c7ccccc7)c6cc54)cc4c3oc3c5ccccc5ccc43)NC(c3ccccc3)=N2)cc1. The van der Waals surface area contributed by atoms with E-state index in [0.29, 0.717) is 5.84 Å². The lowest BCUT2D eigenvalue weighted by atomic mass is 10.0. The molecule has 6 nitrogen and oxygen atoms in total. The summed E-state index contributed by atoms with van der Waals surface area (Å²) in [5.74, 6) is 1.42. The Labute approximate surface area is 349 Å². The van der Waals surface area contributed by atoms with E-state index in [1.807, 2.05) is 36.4 Å². The Kier molecular flexibility index (Phi) is 7.27. The molecule has 1 N–H and O–H groups in total. The molecule has 1 atom stereocenters. The molecule has 6 heteroatoms. The molecule has 1 unspecified atom stereocenters. The monoisotopic (exact) mass is 781 g/mol. The molecular formula is C55H35N5O. The van der Waals surface area contributed by atoms with Crippen LogP contribution in [-0.4, -0.2) is 20.8 Å². The van der Waals surface area contributed by atoms with Gasteiger partial charge in [-0.05, 0) is 60.0 Å². The van der Waals surface area contributed by atoms with Crippen molar-refractivity contribution in [1.29, 1.82) is 0 Å². The zero-order valence-electron chi connectivity index (χ0n) is 32.8. The van der Waals surface area contributed by atoms with Gasteiger partial charge in [-0.2, -0.15) is 0 Å². The van der Waals surface area contributed by atoms with Crippen LogP contribution in [0.5, 0.6) is 0 Å². The van der Waals surface area contributed by atoms with E-state index in [0.717, 1.165) is 83.2 Å². The lowest BCUT2D eigenvalue weighted by molar-refractivity contribution is 0.630. The third-order valence-electron chi connectivity index (χ3n) is 12.3. The molecule has 3 aromatic heterocycles. The molecule has 0 saturated heterocycles. The number of aliphatic imine (C=N–C) groups is 2. The molecule has 0 amide bonds. The Morgan fingerprint density at radius 3 is 1.70 bits per heavy atom. The van der Waals surface area contributed by atoms with Crippen molar-refractivity contribution >= 4 is 88.0 Å². The average Bonchev–Trinajstić information content (AvgIpc) is 3.99. The van der Waals surface area contributed by atoms with E-state index in [2.05, 4.69) is 178 Å². The van der Waals surface area contributed by atoms with Gasteiger partial charge in [-0.15, -0.1) is 0 Å². The van der Waals surface area contributed by atoms with Gasteiger partial charge in [-0.25, -0.2) is 9.98 Å². The second-order valence-corrected chi connectivity index (χ2v) is 15.8. The van der Waals surface area contributed by atoms with Crippen LogP contribution in [0.1, 0.15) is 22.9 Å². The van der Waals surface area contributed by atoms with Crippen LogP contribution in [0.25, 0.3) is 87.7 Å². The highest BCUT2D eigenvalue weighted by atomic mass is 16.3. The first-order chi connectivity index (χ1) is 30.2. The maximum Gasteiger partial charge on any atom is 0.159 e. The van der Waals surface area contributed by atoms with Crippen LogP contribution in [0.15, 0.2) is 215 Å². The van der Waals surface area contributed by atoms with Gasteiger partial charge in [-0.3, -0.25) is 0 Å². The van der Waals surface area contributed by atoms with Crippen LogP contribution in [0.4, 0.5) is 0 Å². The fraction of sp³-hybridized carbons (Fsp3) is 0.0182. The fourth-order valence-corrected chi connectivity index (χ4v) is 9.58. The highest BCUT2D eigenvalue weighted by Crippen LogP contribution is 2.43. The molecule has 9 aromatic carbocycles. The number of nitrogens with one attached hydrogen (secondary N) is 1. The molecule has 1 aliphatic heterocycles. The van der Waals surface area contributed by atoms with E-state index in [9.17, 15) is 0 Å². The molecule has 61 heavy (non-hydrogen) atoms. The fourth-order valence-electron chi connectivity index (χ4n) is 9.58. The summed E-state index contributed by atoms with van der Waals surface area (Å²) in [5.41, 5.74) is 11.2. The molecule has 0 spiro atoms. The van der Waals surface area contributed by atoms with Gasteiger partial charge in [0.15, 0.2) is 12.0 Å². The normalized spacial score (nSPS) is 14.4. The van der Waals surface area contributed by atoms with Crippen molar-refractivity contribution in [2.75, 3.05) is 0 Å². The minimum Gasteiger partial charge on any atom is -0.455 e. The van der Waals surface area contributed by atoms with Crippen molar-refractivity contribution in [2.45, 2.75) is 6.17 Å². The minimum atomic E-state index is -0.516. The van der Waals surface area contributed by atoms with Gasteiger partial charge in [0, 0.05) is 65.8 Å². The largest absolute Gasteiger partial charge is 0.455 e. The molecule has 12 aromatic rings. The van der Waals surface area contributed by atoms with Crippen LogP contribution in [0, 0.1) is 0 Å². The second kappa shape index (κ2) is 13.1. The number of hydrogen-bond donors (Lipinski definition) is 1. The van der Waals surface area contributed by atoms with Gasteiger partial charge in [0.25, 0.3) is 0 Å². The average molecular weight is 782 g/mol. The third kappa shape index (κ3) is 5.15. The van der Waals surface area contributed by atoms with Gasteiger partial charge >= 0.3 is 0 Å². The summed E-state index contributed by atoms with van der Waals surface area (Å²) in [6, 6.07) is 70.9. The zero-order chi connectivity index (χ0) is 40.0. The maximum atomic E-state index is 7.07. The van der Waals surface area contributed by atoms with E-state index in [1.165, 1.54) is 27.1 Å². The predicted octanol–water partition coefficient (Wildman–Crippen LogP) is 13.4. The lowest BCUT2D eigenvalue weighted by Crippen LogP contribution is -2.33. The molecule has 0 saturated carbocycles. The summed E-state index contributed by atoms with van der Waals surface area (Å²) in [4.78, 5) is 10.5. The Bertz CT molecular complexity index is 3780. The molecule has 4 heterocycles. The number of amidine groups is 2. The first kappa shape index (κ1) is 33.7.